The zero-order valence-corrected chi connectivity index (χ0v) is 19.2. The number of primary amides is 1. The van der Waals surface area contributed by atoms with E-state index in [4.69, 9.17) is 10.5 Å². The highest BCUT2D eigenvalue weighted by molar-refractivity contribution is 6.06. The summed E-state index contributed by atoms with van der Waals surface area (Å²) in [4.78, 5) is 25.6. The van der Waals surface area contributed by atoms with Gasteiger partial charge in [-0.15, -0.1) is 0 Å². The van der Waals surface area contributed by atoms with Crippen LogP contribution >= 0.6 is 0 Å². The molecule has 9 heteroatoms. The molecule has 3 heterocycles. The van der Waals surface area contributed by atoms with Crippen molar-refractivity contribution in [2.24, 2.45) is 5.73 Å². The normalized spacial score (nSPS) is 14.4. The van der Waals surface area contributed by atoms with Gasteiger partial charge in [-0.1, -0.05) is 18.2 Å². The summed E-state index contributed by atoms with van der Waals surface area (Å²) in [5.41, 5.74) is 8.79. The highest BCUT2D eigenvalue weighted by Gasteiger charge is 2.18. The molecule has 0 unspecified atom stereocenters. The molecule has 9 nitrogen and oxygen atoms in total. The third kappa shape index (κ3) is 4.13. The number of nitrogens with two attached hydrogens (primary N) is 1. The minimum absolute atomic E-state index is 0.435. The predicted octanol–water partition coefficient (Wildman–Crippen LogP) is 3.02. The Morgan fingerprint density at radius 1 is 1.09 bits per heavy atom. The number of rotatable bonds is 6. The van der Waals surface area contributed by atoms with Gasteiger partial charge in [-0.25, -0.2) is 4.98 Å². The van der Waals surface area contributed by atoms with Gasteiger partial charge in [0, 0.05) is 55.7 Å². The molecular formula is C25H27N7O2. The molecule has 2 aromatic carbocycles. The van der Waals surface area contributed by atoms with Crippen LogP contribution < -0.4 is 20.7 Å². The Morgan fingerprint density at radius 3 is 2.65 bits per heavy atom. The number of fused-ring (bicyclic) bond motifs is 1. The number of anilines is 3. The molecule has 1 aliphatic heterocycles. The zero-order chi connectivity index (χ0) is 23.7. The lowest BCUT2D eigenvalue weighted by Gasteiger charge is -2.34. The Labute approximate surface area is 197 Å². The van der Waals surface area contributed by atoms with Gasteiger partial charge in [-0.05, 0) is 31.3 Å². The van der Waals surface area contributed by atoms with Gasteiger partial charge in [-0.2, -0.15) is 4.98 Å². The molecule has 2 aromatic heterocycles. The number of amides is 1. The smallest absolute Gasteiger partial charge is 0.250 e. The number of methoxy groups -OCH3 is 1. The van der Waals surface area contributed by atoms with Gasteiger partial charge in [0.1, 0.15) is 11.6 Å². The maximum atomic E-state index is 11.9. The fraction of sp³-hybridized carbons (Fsp3) is 0.240. The van der Waals surface area contributed by atoms with Gasteiger partial charge >= 0.3 is 0 Å². The molecule has 0 radical (unpaired) electrons. The Bertz CT molecular complexity index is 1340. The second-order valence-electron chi connectivity index (χ2n) is 8.33. The van der Waals surface area contributed by atoms with Crippen LogP contribution in [0.3, 0.4) is 0 Å². The number of piperazine rings is 1. The van der Waals surface area contributed by atoms with Gasteiger partial charge in [-0.3, -0.25) is 4.79 Å². The van der Waals surface area contributed by atoms with Crippen molar-refractivity contribution < 1.29 is 9.53 Å². The van der Waals surface area contributed by atoms with Crippen molar-refractivity contribution in [2.75, 3.05) is 50.6 Å². The largest absolute Gasteiger partial charge is 0.495 e. The van der Waals surface area contributed by atoms with Crippen LogP contribution in [0.25, 0.3) is 16.7 Å². The van der Waals surface area contributed by atoms with Crippen LogP contribution in [0.1, 0.15) is 10.4 Å². The average Bonchev–Trinajstić information content (AvgIpc) is 3.25. The molecule has 174 valence electrons. The monoisotopic (exact) mass is 457 g/mol. The SMILES string of the molecule is COc1cc(Nc2nccc(-n3cc(C(N)=O)c4ccccc43)n2)ccc1N1CCN(C)CC1. The number of hydrogen-bond donors (Lipinski definition) is 2. The van der Waals surface area contributed by atoms with Crippen LogP contribution in [0.4, 0.5) is 17.3 Å². The number of likely N-dealkylation sites (N-methyl/N-ethyl adjacent to an activating group) is 1. The number of ether oxygens (including phenoxy) is 1. The van der Waals surface area contributed by atoms with E-state index in [1.54, 1.807) is 25.6 Å². The quantitative estimate of drug-likeness (QED) is 0.459. The number of carbonyl (C=O) groups excluding carboxylic acids is 1. The van der Waals surface area contributed by atoms with Crippen LogP contribution in [-0.4, -0.2) is 65.7 Å². The first-order valence-corrected chi connectivity index (χ1v) is 11.2. The summed E-state index contributed by atoms with van der Waals surface area (Å²) < 4.78 is 7.53. The fourth-order valence-corrected chi connectivity index (χ4v) is 4.30. The summed E-state index contributed by atoms with van der Waals surface area (Å²) in [6.45, 7) is 3.97. The Balaban J connectivity index is 1.43. The maximum absolute atomic E-state index is 11.9. The first kappa shape index (κ1) is 21.7. The van der Waals surface area contributed by atoms with Crippen molar-refractivity contribution in [3.63, 3.8) is 0 Å². The highest BCUT2D eigenvalue weighted by Crippen LogP contribution is 2.33. The third-order valence-electron chi connectivity index (χ3n) is 6.14. The third-order valence-corrected chi connectivity index (χ3v) is 6.14. The standard InChI is InChI=1S/C25H27N7O2/c1-30-11-13-31(14-12-30)21-8-7-17(15-22(21)34-2)28-25-27-10-9-23(29-25)32-16-19(24(26)33)18-5-3-4-6-20(18)32/h3-10,15-16H,11-14H2,1-2H3,(H2,26,33)(H,27,28,29). The van der Waals surface area contributed by atoms with Crippen LogP contribution in [0.5, 0.6) is 5.75 Å². The Morgan fingerprint density at radius 2 is 1.88 bits per heavy atom. The highest BCUT2D eigenvalue weighted by atomic mass is 16.5. The van der Waals surface area contributed by atoms with E-state index >= 15 is 0 Å². The molecule has 4 aromatic rings. The second-order valence-corrected chi connectivity index (χ2v) is 8.33. The molecule has 5 rings (SSSR count). The predicted molar refractivity (Wildman–Crippen MR) is 133 cm³/mol. The van der Waals surface area contributed by atoms with E-state index in [0.29, 0.717) is 17.3 Å². The molecule has 0 atom stereocenters. The molecule has 0 bridgehead atoms. The number of para-hydroxylation sites is 1. The lowest BCUT2D eigenvalue weighted by molar-refractivity contribution is 0.100. The lowest BCUT2D eigenvalue weighted by Crippen LogP contribution is -2.44. The first-order chi connectivity index (χ1) is 16.5. The van der Waals surface area contributed by atoms with Crippen LogP contribution in [0.2, 0.25) is 0 Å². The fourth-order valence-electron chi connectivity index (χ4n) is 4.30. The molecule has 3 N–H and O–H groups in total. The van der Waals surface area contributed by atoms with Gasteiger partial charge in [0.25, 0.3) is 5.91 Å². The molecule has 1 saturated heterocycles. The average molecular weight is 458 g/mol. The summed E-state index contributed by atoms with van der Waals surface area (Å²) >= 11 is 0. The topological polar surface area (TPSA) is 102 Å². The number of nitrogens with zero attached hydrogens (tertiary/aromatic N) is 5. The van der Waals surface area contributed by atoms with Crippen molar-refractivity contribution in [1.82, 2.24) is 19.4 Å². The van der Waals surface area contributed by atoms with Gasteiger partial charge in [0.2, 0.25) is 5.95 Å². The van der Waals surface area contributed by atoms with E-state index in [1.807, 2.05) is 41.0 Å². The molecule has 0 saturated carbocycles. The minimum Gasteiger partial charge on any atom is -0.495 e. The molecule has 1 fully saturated rings. The number of carbonyl (C=O) groups is 1. The Hall–Kier alpha value is -4.11. The van der Waals surface area contributed by atoms with Crippen molar-refractivity contribution >= 4 is 34.1 Å². The van der Waals surface area contributed by atoms with Gasteiger partial charge in [0.15, 0.2) is 0 Å². The number of hydrogen-bond acceptors (Lipinski definition) is 7. The van der Waals surface area contributed by atoms with E-state index in [0.717, 1.165) is 54.2 Å². The number of aromatic nitrogens is 3. The first-order valence-electron chi connectivity index (χ1n) is 11.2. The van der Waals surface area contributed by atoms with Gasteiger partial charge in [0.05, 0.1) is 23.9 Å². The summed E-state index contributed by atoms with van der Waals surface area (Å²) in [7, 11) is 3.82. The Kier molecular flexibility index (Phi) is 5.77. The van der Waals surface area contributed by atoms with Crippen molar-refractivity contribution in [3.05, 3.63) is 66.5 Å². The number of benzene rings is 2. The molecule has 0 aliphatic carbocycles. The van der Waals surface area contributed by atoms with E-state index in [9.17, 15) is 4.79 Å². The van der Waals surface area contributed by atoms with Crippen molar-refractivity contribution in [3.8, 4) is 11.6 Å². The van der Waals surface area contributed by atoms with E-state index in [1.165, 1.54) is 0 Å². The minimum atomic E-state index is -0.477. The second kappa shape index (κ2) is 9.03. The van der Waals surface area contributed by atoms with Crippen LogP contribution in [-0.2, 0) is 0 Å². The zero-order valence-electron chi connectivity index (χ0n) is 19.2. The van der Waals surface area contributed by atoms with Gasteiger partial charge < -0.3 is 30.2 Å². The molecular weight excluding hydrogens is 430 g/mol. The van der Waals surface area contributed by atoms with Crippen molar-refractivity contribution in [1.29, 1.82) is 0 Å². The summed E-state index contributed by atoms with van der Waals surface area (Å²) in [5, 5.41) is 4.05. The summed E-state index contributed by atoms with van der Waals surface area (Å²) in [5.74, 6) is 1.38. The molecule has 34 heavy (non-hydrogen) atoms. The summed E-state index contributed by atoms with van der Waals surface area (Å²) in [6.07, 6.45) is 3.40. The van der Waals surface area contributed by atoms with Crippen molar-refractivity contribution in [2.45, 2.75) is 0 Å². The summed E-state index contributed by atoms with van der Waals surface area (Å²) in [6, 6.07) is 15.4. The van der Waals surface area contributed by atoms with Crippen LogP contribution in [0, 0.1) is 0 Å². The van der Waals surface area contributed by atoms with Crippen LogP contribution in [0.15, 0.2) is 60.9 Å². The maximum Gasteiger partial charge on any atom is 0.250 e. The van der Waals surface area contributed by atoms with E-state index in [-0.39, 0.29) is 0 Å². The molecule has 0 spiro atoms. The van der Waals surface area contributed by atoms with E-state index in [2.05, 4.69) is 38.2 Å². The lowest BCUT2D eigenvalue weighted by atomic mass is 10.2. The molecule has 1 amide bonds. The van der Waals surface area contributed by atoms with E-state index < -0.39 is 5.91 Å². The number of nitrogens with one attached hydrogen (secondary N) is 1. The molecule has 1 aliphatic rings.